The predicted molar refractivity (Wildman–Crippen MR) is 37.4 cm³/mol. The van der Waals surface area contributed by atoms with Crippen LogP contribution in [0.15, 0.2) is 0 Å². The molecule has 10 heavy (non-hydrogen) atoms. The second-order valence-corrected chi connectivity index (χ2v) is 2.81. The lowest BCUT2D eigenvalue weighted by molar-refractivity contribution is -0.120. The molecule has 0 amide bonds. The van der Waals surface area contributed by atoms with Crippen LogP contribution in [0.5, 0.6) is 0 Å². The monoisotopic (exact) mass is 142 g/mol. The van der Waals surface area contributed by atoms with Crippen molar-refractivity contribution >= 4 is 12.9 Å². The Bertz CT molecular complexity index is 135. The van der Waals surface area contributed by atoms with E-state index in [1.54, 1.807) is 0 Å². The third kappa shape index (κ3) is 1.82. The van der Waals surface area contributed by atoms with Gasteiger partial charge in [-0.1, -0.05) is 6.42 Å². The zero-order valence-corrected chi connectivity index (χ0v) is 5.79. The topological polar surface area (TPSA) is 57.5 Å². The van der Waals surface area contributed by atoms with Crippen LogP contribution >= 0.6 is 0 Å². The van der Waals surface area contributed by atoms with Gasteiger partial charge in [-0.3, -0.25) is 4.79 Å². The van der Waals surface area contributed by atoms with Crippen LogP contribution in [-0.4, -0.2) is 22.9 Å². The number of carbonyl (C=O) groups is 1. The maximum atomic E-state index is 10.8. The van der Waals surface area contributed by atoms with Crippen LogP contribution in [0.25, 0.3) is 0 Å². The van der Waals surface area contributed by atoms with E-state index in [4.69, 9.17) is 10.0 Å². The van der Waals surface area contributed by atoms with Gasteiger partial charge in [-0.05, 0) is 6.42 Å². The van der Waals surface area contributed by atoms with Crippen molar-refractivity contribution in [2.24, 2.45) is 0 Å². The first-order chi connectivity index (χ1) is 4.70. The minimum atomic E-state index is -1.30. The van der Waals surface area contributed by atoms with E-state index < -0.39 is 7.12 Å². The minimum absolute atomic E-state index is 0.157. The summed E-state index contributed by atoms with van der Waals surface area (Å²) in [6.07, 6.45) is 2.53. The molecule has 1 aliphatic rings. The van der Waals surface area contributed by atoms with Crippen molar-refractivity contribution in [3.05, 3.63) is 0 Å². The van der Waals surface area contributed by atoms with E-state index in [2.05, 4.69) is 0 Å². The first-order valence-corrected chi connectivity index (χ1v) is 3.58. The highest BCUT2D eigenvalue weighted by Crippen LogP contribution is 2.26. The first kappa shape index (κ1) is 7.76. The van der Waals surface area contributed by atoms with Gasteiger partial charge >= 0.3 is 7.12 Å². The molecule has 56 valence electrons. The van der Waals surface area contributed by atoms with Crippen LogP contribution in [0.2, 0.25) is 5.82 Å². The van der Waals surface area contributed by atoms with Crippen LogP contribution < -0.4 is 0 Å². The molecular weight excluding hydrogens is 131 g/mol. The Morgan fingerprint density at radius 3 is 2.60 bits per heavy atom. The van der Waals surface area contributed by atoms with E-state index in [9.17, 15) is 4.79 Å². The Hall–Kier alpha value is -0.345. The summed E-state index contributed by atoms with van der Waals surface area (Å²) in [6.45, 7) is 0. The Labute approximate surface area is 60.2 Å². The highest BCUT2D eigenvalue weighted by Gasteiger charge is 2.28. The first-order valence-electron chi connectivity index (χ1n) is 3.58. The van der Waals surface area contributed by atoms with Gasteiger partial charge in [0, 0.05) is 18.7 Å². The van der Waals surface area contributed by atoms with Gasteiger partial charge in [0.1, 0.15) is 5.78 Å². The van der Waals surface area contributed by atoms with E-state index in [0.29, 0.717) is 12.8 Å². The zero-order chi connectivity index (χ0) is 7.56. The van der Waals surface area contributed by atoms with Crippen molar-refractivity contribution < 1.29 is 14.8 Å². The molecule has 1 aliphatic carbocycles. The minimum Gasteiger partial charge on any atom is -0.427 e. The highest BCUT2D eigenvalue weighted by molar-refractivity contribution is 6.43. The number of rotatable bonds is 1. The summed E-state index contributed by atoms with van der Waals surface area (Å²) in [5.74, 6) is -0.0504. The Morgan fingerprint density at radius 1 is 1.50 bits per heavy atom. The van der Waals surface area contributed by atoms with Gasteiger partial charge in [-0.2, -0.15) is 0 Å². The molecule has 0 spiro atoms. The molecule has 4 heteroatoms. The Kier molecular flexibility index (Phi) is 2.46. The summed E-state index contributed by atoms with van der Waals surface area (Å²) in [6, 6.07) is 0. The molecule has 0 aromatic carbocycles. The molecule has 0 bridgehead atoms. The van der Waals surface area contributed by atoms with E-state index >= 15 is 0 Å². The maximum Gasteiger partial charge on any atom is 0.455 e. The average molecular weight is 142 g/mol. The summed E-state index contributed by atoms with van der Waals surface area (Å²) < 4.78 is 0. The smallest absolute Gasteiger partial charge is 0.427 e. The molecule has 3 nitrogen and oxygen atoms in total. The molecule has 0 radical (unpaired) electrons. The Morgan fingerprint density at radius 2 is 2.20 bits per heavy atom. The molecule has 1 unspecified atom stereocenters. The summed E-state index contributed by atoms with van der Waals surface area (Å²) in [5, 5.41) is 17.4. The van der Waals surface area contributed by atoms with Crippen LogP contribution in [0.1, 0.15) is 25.7 Å². The molecule has 1 saturated carbocycles. The Balaban J connectivity index is 2.39. The van der Waals surface area contributed by atoms with Crippen molar-refractivity contribution in [1.82, 2.24) is 0 Å². The van der Waals surface area contributed by atoms with Crippen molar-refractivity contribution in [2.75, 3.05) is 0 Å². The normalized spacial score (nSPS) is 26.6. The largest absolute Gasteiger partial charge is 0.455 e. The van der Waals surface area contributed by atoms with Gasteiger partial charge < -0.3 is 10.0 Å². The lowest BCUT2D eigenvalue weighted by Gasteiger charge is -2.18. The van der Waals surface area contributed by atoms with Crippen molar-refractivity contribution in [2.45, 2.75) is 31.5 Å². The van der Waals surface area contributed by atoms with Crippen molar-refractivity contribution in [3.63, 3.8) is 0 Å². The highest BCUT2D eigenvalue weighted by atomic mass is 16.4. The van der Waals surface area contributed by atoms with Gasteiger partial charge in [0.05, 0.1) is 0 Å². The molecular formula is C6H11BO3. The SMILES string of the molecule is O=C1CCCC(B(O)O)C1. The molecule has 0 saturated heterocycles. The van der Waals surface area contributed by atoms with E-state index in [1.165, 1.54) is 0 Å². The third-order valence-electron chi connectivity index (χ3n) is 1.94. The van der Waals surface area contributed by atoms with E-state index in [0.717, 1.165) is 12.8 Å². The number of Topliss-reactive ketones (excluding diaryl/α,β-unsaturated/α-hetero) is 1. The van der Waals surface area contributed by atoms with E-state index in [-0.39, 0.29) is 11.6 Å². The molecule has 0 heterocycles. The number of ketones is 1. The molecule has 2 N–H and O–H groups in total. The zero-order valence-electron chi connectivity index (χ0n) is 5.79. The third-order valence-corrected chi connectivity index (χ3v) is 1.94. The van der Waals surface area contributed by atoms with Gasteiger partial charge in [0.2, 0.25) is 0 Å². The quantitative estimate of drug-likeness (QED) is 0.505. The summed E-state index contributed by atoms with van der Waals surface area (Å²) in [5.41, 5.74) is 0. The van der Waals surface area contributed by atoms with Crippen LogP contribution in [-0.2, 0) is 4.79 Å². The summed E-state index contributed by atoms with van der Waals surface area (Å²) in [7, 11) is -1.30. The molecule has 0 aromatic rings. The molecule has 0 aliphatic heterocycles. The van der Waals surface area contributed by atoms with Gasteiger partial charge in [-0.25, -0.2) is 0 Å². The molecule has 1 rings (SSSR count). The second-order valence-electron chi connectivity index (χ2n) is 2.81. The van der Waals surface area contributed by atoms with Gasteiger partial charge in [-0.15, -0.1) is 0 Å². The lowest BCUT2D eigenvalue weighted by Crippen LogP contribution is -2.25. The second kappa shape index (κ2) is 3.17. The average Bonchev–Trinajstić information content (AvgIpc) is 1.88. The van der Waals surface area contributed by atoms with Crippen molar-refractivity contribution in [1.29, 1.82) is 0 Å². The van der Waals surface area contributed by atoms with Crippen LogP contribution in [0.4, 0.5) is 0 Å². The number of hydrogen-bond donors (Lipinski definition) is 2. The number of carbonyl (C=O) groups excluding carboxylic acids is 1. The molecule has 0 aromatic heterocycles. The fraction of sp³-hybridized carbons (Fsp3) is 0.833. The van der Waals surface area contributed by atoms with Crippen LogP contribution in [0.3, 0.4) is 0 Å². The van der Waals surface area contributed by atoms with Crippen molar-refractivity contribution in [3.8, 4) is 0 Å². The van der Waals surface area contributed by atoms with Crippen LogP contribution in [0, 0.1) is 0 Å². The fourth-order valence-electron chi connectivity index (χ4n) is 1.31. The number of hydrogen-bond acceptors (Lipinski definition) is 3. The van der Waals surface area contributed by atoms with E-state index in [1.807, 2.05) is 0 Å². The fourth-order valence-corrected chi connectivity index (χ4v) is 1.31. The standard InChI is InChI=1S/C6H11BO3/c8-6-3-1-2-5(4-6)7(9)10/h5,9-10H,1-4H2. The maximum absolute atomic E-state index is 10.8. The molecule has 1 fully saturated rings. The summed E-state index contributed by atoms with van der Waals surface area (Å²) in [4.78, 5) is 10.8. The molecule has 1 atom stereocenters. The lowest BCUT2D eigenvalue weighted by atomic mass is 9.65. The summed E-state index contributed by atoms with van der Waals surface area (Å²) >= 11 is 0. The van der Waals surface area contributed by atoms with Gasteiger partial charge in [0.15, 0.2) is 0 Å². The predicted octanol–water partition coefficient (Wildman–Crippen LogP) is -0.0275. The van der Waals surface area contributed by atoms with Gasteiger partial charge in [0.25, 0.3) is 0 Å².